The van der Waals surface area contributed by atoms with Gasteiger partial charge in [-0.1, -0.05) is 17.7 Å². The largest absolute Gasteiger partial charge is 0.418 e. The van der Waals surface area contributed by atoms with Gasteiger partial charge in [0.15, 0.2) is 0 Å². The Balaban J connectivity index is 2.25. The van der Waals surface area contributed by atoms with E-state index in [0.717, 1.165) is 6.07 Å². The number of rotatable bonds is 3. The summed E-state index contributed by atoms with van der Waals surface area (Å²) in [6, 6.07) is 9.28. The Morgan fingerprint density at radius 3 is 2.54 bits per heavy atom. The van der Waals surface area contributed by atoms with Gasteiger partial charge < -0.3 is 0 Å². The summed E-state index contributed by atoms with van der Waals surface area (Å²) < 4.78 is 39.1. The van der Waals surface area contributed by atoms with Crippen LogP contribution >= 0.6 is 11.6 Å². The summed E-state index contributed by atoms with van der Waals surface area (Å²) in [5.41, 5.74) is 3.75. The van der Waals surface area contributed by atoms with Crippen LogP contribution in [0.3, 0.4) is 0 Å². The number of nitrogens with one attached hydrogen (secondary N) is 2. The van der Waals surface area contributed by atoms with E-state index in [9.17, 15) is 18.0 Å². The van der Waals surface area contributed by atoms with Crippen molar-refractivity contribution in [1.82, 2.24) is 5.43 Å². The van der Waals surface area contributed by atoms with Crippen LogP contribution in [0.1, 0.15) is 27.0 Å². The smallest absolute Gasteiger partial charge is 0.298 e. The molecule has 0 radical (unpaired) electrons. The molecule has 0 spiro atoms. The van der Waals surface area contributed by atoms with Gasteiger partial charge in [-0.25, -0.2) is 0 Å². The second-order valence-corrected chi connectivity index (χ2v) is 5.34. The zero-order valence-electron chi connectivity index (χ0n) is 12.3. The number of nitriles is 1. The maximum atomic E-state index is 13.0. The Morgan fingerprint density at radius 2 is 1.92 bits per heavy atom. The Kier molecular flexibility index (Phi) is 5.00. The van der Waals surface area contributed by atoms with E-state index in [0.29, 0.717) is 16.7 Å². The molecule has 0 atom stereocenters. The maximum Gasteiger partial charge on any atom is 0.418 e. The van der Waals surface area contributed by atoms with Gasteiger partial charge in [0.2, 0.25) is 0 Å². The van der Waals surface area contributed by atoms with Crippen LogP contribution in [-0.2, 0) is 6.18 Å². The summed E-state index contributed by atoms with van der Waals surface area (Å²) >= 11 is 5.82. The summed E-state index contributed by atoms with van der Waals surface area (Å²) in [5.74, 6) is -0.632. The molecule has 0 heterocycles. The van der Waals surface area contributed by atoms with E-state index in [-0.39, 0.29) is 16.8 Å². The van der Waals surface area contributed by atoms with Crippen molar-refractivity contribution < 1.29 is 18.0 Å². The molecule has 0 aliphatic carbocycles. The van der Waals surface area contributed by atoms with Crippen molar-refractivity contribution in [2.75, 3.05) is 5.43 Å². The van der Waals surface area contributed by atoms with Gasteiger partial charge in [-0.15, -0.1) is 0 Å². The molecule has 0 aliphatic heterocycles. The van der Waals surface area contributed by atoms with Crippen LogP contribution < -0.4 is 10.9 Å². The molecule has 0 aromatic heterocycles. The van der Waals surface area contributed by atoms with Gasteiger partial charge in [0.05, 0.1) is 22.9 Å². The van der Waals surface area contributed by atoms with Crippen LogP contribution in [0.5, 0.6) is 0 Å². The van der Waals surface area contributed by atoms with Crippen molar-refractivity contribution in [2.24, 2.45) is 0 Å². The van der Waals surface area contributed by atoms with Gasteiger partial charge >= 0.3 is 6.18 Å². The zero-order chi connectivity index (χ0) is 17.9. The SMILES string of the molecule is Cc1ccc(Cl)cc1C(=O)NNc1ccc(C#N)cc1C(F)(F)F. The molecule has 0 aliphatic rings. The second-order valence-electron chi connectivity index (χ2n) is 4.91. The van der Waals surface area contributed by atoms with Crippen LogP contribution in [0.4, 0.5) is 18.9 Å². The number of carbonyl (C=O) groups excluding carboxylic acids is 1. The molecule has 2 rings (SSSR count). The highest BCUT2D eigenvalue weighted by Crippen LogP contribution is 2.35. The summed E-state index contributed by atoms with van der Waals surface area (Å²) in [6.07, 6.45) is -4.67. The quantitative estimate of drug-likeness (QED) is 0.809. The number of amides is 1. The standard InChI is InChI=1S/C16H11ClF3N3O/c1-9-2-4-11(17)7-12(9)15(24)23-22-14-5-3-10(8-21)6-13(14)16(18,19)20/h2-7,22H,1H3,(H,23,24). The van der Waals surface area contributed by atoms with Crippen molar-refractivity contribution in [2.45, 2.75) is 13.1 Å². The first-order chi connectivity index (χ1) is 11.2. The summed E-state index contributed by atoms with van der Waals surface area (Å²) in [6.45, 7) is 1.67. The Labute approximate surface area is 140 Å². The molecule has 0 unspecified atom stereocenters. The van der Waals surface area contributed by atoms with Gasteiger partial charge in [-0.2, -0.15) is 18.4 Å². The third-order valence-electron chi connectivity index (χ3n) is 3.21. The minimum atomic E-state index is -4.67. The number of benzene rings is 2. The van der Waals surface area contributed by atoms with Crippen molar-refractivity contribution >= 4 is 23.2 Å². The number of halogens is 4. The maximum absolute atomic E-state index is 13.0. The Hall–Kier alpha value is -2.72. The highest BCUT2D eigenvalue weighted by Gasteiger charge is 2.34. The van der Waals surface area contributed by atoms with Crippen molar-refractivity contribution in [1.29, 1.82) is 5.26 Å². The van der Waals surface area contributed by atoms with Crippen LogP contribution in [0, 0.1) is 18.3 Å². The molecule has 0 fully saturated rings. The van der Waals surface area contributed by atoms with Crippen LogP contribution in [0.25, 0.3) is 0 Å². The third kappa shape index (κ3) is 3.97. The first-order valence-electron chi connectivity index (χ1n) is 6.66. The number of hydrogen-bond acceptors (Lipinski definition) is 3. The average Bonchev–Trinajstić information content (AvgIpc) is 2.53. The van der Waals surface area contributed by atoms with Crippen molar-refractivity contribution in [3.63, 3.8) is 0 Å². The molecule has 2 aromatic rings. The molecule has 124 valence electrons. The minimum absolute atomic E-state index is 0.134. The first-order valence-corrected chi connectivity index (χ1v) is 7.04. The summed E-state index contributed by atoms with van der Waals surface area (Å²) in [4.78, 5) is 12.1. The van der Waals surface area contributed by atoms with Gasteiger partial charge in [-0.3, -0.25) is 15.6 Å². The third-order valence-corrected chi connectivity index (χ3v) is 3.44. The Morgan fingerprint density at radius 1 is 1.21 bits per heavy atom. The predicted molar refractivity (Wildman–Crippen MR) is 83.4 cm³/mol. The molecule has 4 nitrogen and oxygen atoms in total. The number of hydrogen-bond donors (Lipinski definition) is 2. The van der Waals surface area contributed by atoms with Crippen molar-refractivity contribution in [3.8, 4) is 6.07 Å². The lowest BCUT2D eigenvalue weighted by atomic mass is 10.1. The normalized spacial score (nSPS) is 10.8. The number of carbonyl (C=O) groups is 1. The Bertz CT molecular complexity index is 828. The second kappa shape index (κ2) is 6.81. The minimum Gasteiger partial charge on any atom is -0.298 e. The van der Waals surface area contributed by atoms with E-state index in [4.69, 9.17) is 16.9 Å². The van der Waals surface area contributed by atoms with Gasteiger partial charge in [0, 0.05) is 10.6 Å². The lowest BCUT2D eigenvalue weighted by Crippen LogP contribution is -2.31. The van der Waals surface area contributed by atoms with E-state index >= 15 is 0 Å². The molecule has 2 aromatic carbocycles. The zero-order valence-corrected chi connectivity index (χ0v) is 13.1. The lowest BCUT2D eigenvalue weighted by molar-refractivity contribution is -0.137. The highest BCUT2D eigenvalue weighted by molar-refractivity contribution is 6.31. The fraction of sp³-hybridized carbons (Fsp3) is 0.125. The lowest BCUT2D eigenvalue weighted by Gasteiger charge is -2.16. The topological polar surface area (TPSA) is 64.9 Å². The predicted octanol–water partition coefficient (Wildman–Crippen LogP) is 4.30. The fourth-order valence-corrected chi connectivity index (χ4v) is 2.16. The van der Waals surface area contributed by atoms with E-state index in [1.54, 1.807) is 25.1 Å². The van der Waals surface area contributed by atoms with Gasteiger partial charge in [0.1, 0.15) is 0 Å². The number of alkyl halides is 3. The molecular formula is C16H11ClF3N3O. The van der Waals surface area contributed by atoms with Crippen LogP contribution in [0.15, 0.2) is 36.4 Å². The summed E-state index contributed by atoms with van der Waals surface area (Å²) in [5, 5.41) is 9.06. The molecule has 24 heavy (non-hydrogen) atoms. The van der Waals surface area contributed by atoms with Crippen LogP contribution in [0.2, 0.25) is 5.02 Å². The van der Waals surface area contributed by atoms with E-state index in [2.05, 4.69) is 10.9 Å². The number of hydrazine groups is 1. The molecule has 1 amide bonds. The first kappa shape index (κ1) is 17.6. The van der Waals surface area contributed by atoms with Gasteiger partial charge in [0.25, 0.3) is 5.91 Å². The average molecular weight is 354 g/mol. The molecule has 2 N–H and O–H groups in total. The number of nitrogens with zero attached hydrogens (tertiary/aromatic N) is 1. The molecular weight excluding hydrogens is 343 g/mol. The molecule has 0 bridgehead atoms. The van der Waals surface area contributed by atoms with E-state index < -0.39 is 17.6 Å². The summed E-state index contributed by atoms with van der Waals surface area (Å²) in [7, 11) is 0. The molecule has 8 heteroatoms. The molecule has 0 saturated heterocycles. The van der Waals surface area contributed by atoms with Crippen molar-refractivity contribution in [3.05, 3.63) is 63.7 Å². The number of anilines is 1. The fourth-order valence-electron chi connectivity index (χ4n) is 1.99. The van der Waals surface area contributed by atoms with Gasteiger partial charge in [-0.05, 0) is 42.8 Å². The molecule has 0 saturated carbocycles. The monoisotopic (exact) mass is 353 g/mol. The van der Waals surface area contributed by atoms with E-state index in [1.165, 1.54) is 12.1 Å². The van der Waals surface area contributed by atoms with Crippen LogP contribution in [-0.4, -0.2) is 5.91 Å². The number of aryl methyl sites for hydroxylation is 1. The highest BCUT2D eigenvalue weighted by atomic mass is 35.5. The van der Waals surface area contributed by atoms with E-state index in [1.807, 2.05) is 0 Å².